The highest BCUT2D eigenvalue weighted by Crippen LogP contribution is 2.35. The third-order valence-electron chi connectivity index (χ3n) is 3.65. The summed E-state index contributed by atoms with van der Waals surface area (Å²) in [5.41, 5.74) is 0. The van der Waals surface area contributed by atoms with Crippen molar-refractivity contribution in [1.29, 1.82) is 0 Å². The molecule has 4 heteroatoms. The van der Waals surface area contributed by atoms with Crippen LogP contribution in [0.3, 0.4) is 0 Å². The number of unbranched alkanes of at least 4 members (excludes halogenated alkanes) is 5. The lowest BCUT2D eigenvalue weighted by Crippen LogP contribution is -2.26. The van der Waals surface area contributed by atoms with Crippen LogP contribution in [0.4, 0.5) is 13.2 Å². The Balaban J connectivity index is 3.95. The zero-order valence-corrected chi connectivity index (χ0v) is 13.2. The Morgan fingerprint density at radius 1 is 0.895 bits per heavy atom. The molecule has 0 aromatic rings. The molecule has 0 aromatic heterocycles. The predicted octanol–water partition coefficient (Wildman–Crippen LogP) is 6.71. The first-order valence-electron chi connectivity index (χ1n) is 7.42. The Labute approximate surface area is 121 Å². The van der Waals surface area contributed by atoms with Crippen molar-refractivity contribution in [2.45, 2.75) is 89.6 Å². The topological polar surface area (TPSA) is 0 Å². The number of halogens is 4. The van der Waals surface area contributed by atoms with Crippen LogP contribution in [0.2, 0.25) is 0 Å². The minimum absolute atomic E-state index is 0.0537. The minimum atomic E-state index is -4.07. The normalized spacial score (nSPS) is 14.7. The molecule has 0 heterocycles. The molecule has 0 nitrogen and oxygen atoms in total. The van der Waals surface area contributed by atoms with Gasteiger partial charge >= 0.3 is 6.18 Å². The van der Waals surface area contributed by atoms with Crippen LogP contribution in [-0.2, 0) is 0 Å². The molecule has 0 rings (SSSR count). The lowest BCUT2D eigenvalue weighted by atomic mass is 9.85. The van der Waals surface area contributed by atoms with Crippen LogP contribution in [0.5, 0.6) is 0 Å². The van der Waals surface area contributed by atoms with E-state index in [0.29, 0.717) is 0 Å². The Kier molecular flexibility index (Phi) is 9.13. The number of hydrogen-bond acceptors (Lipinski definition) is 0. The maximum atomic E-state index is 12.3. The van der Waals surface area contributed by atoms with E-state index >= 15 is 0 Å². The lowest BCUT2D eigenvalue weighted by molar-refractivity contribution is -0.138. The Bertz CT molecular complexity index is 218. The van der Waals surface area contributed by atoms with Gasteiger partial charge < -0.3 is 0 Å². The summed E-state index contributed by atoms with van der Waals surface area (Å²) in [7, 11) is 0. The molecule has 0 saturated carbocycles. The van der Waals surface area contributed by atoms with Gasteiger partial charge in [0, 0.05) is 11.3 Å². The van der Waals surface area contributed by atoms with Crippen LogP contribution < -0.4 is 0 Å². The molecule has 0 spiro atoms. The molecule has 0 aliphatic rings. The van der Waals surface area contributed by atoms with Crippen LogP contribution in [0.25, 0.3) is 0 Å². The highest BCUT2D eigenvalue weighted by molar-refractivity contribution is 6.23. The molecule has 0 aliphatic carbocycles. The van der Waals surface area contributed by atoms with Gasteiger partial charge in [-0.2, -0.15) is 13.2 Å². The minimum Gasteiger partial charge on any atom is -0.171 e. The van der Waals surface area contributed by atoms with Crippen molar-refractivity contribution in [2.24, 2.45) is 5.92 Å². The molecule has 19 heavy (non-hydrogen) atoms. The summed E-state index contributed by atoms with van der Waals surface area (Å²) in [6.07, 6.45) is 3.13. The summed E-state index contributed by atoms with van der Waals surface area (Å²) < 4.78 is 36.9. The zero-order valence-electron chi connectivity index (χ0n) is 12.5. The first kappa shape index (κ1) is 19.1. The van der Waals surface area contributed by atoms with Crippen molar-refractivity contribution in [1.82, 2.24) is 0 Å². The van der Waals surface area contributed by atoms with E-state index in [4.69, 9.17) is 11.6 Å². The Morgan fingerprint density at radius 2 is 1.42 bits per heavy atom. The molecule has 0 aliphatic heterocycles. The van der Waals surface area contributed by atoms with Crippen LogP contribution in [0.15, 0.2) is 0 Å². The van der Waals surface area contributed by atoms with E-state index in [1.165, 1.54) is 25.7 Å². The maximum Gasteiger partial charge on any atom is 0.389 e. The lowest BCUT2D eigenvalue weighted by Gasteiger charge is -2.29. The van der Waals surface area contributed by atoms with E-state index < -0.39 is 17.5 Å². The van der Waals surface area contributed by atoms with Gasteiger partial charge in [-0.05, 0) is 32.6 Å². The number of hydrogen-bond donors (Lipinski definition) is 0. The average Bonchev–Trinajstić information content (AvgIpc) is 2.23. The molecule has 0 N–H and O–H groups in total. The van der Waals surface area contributed by atoms with Gasteiger partial charge in [-0.15, -0.1) is 11.6 Å². The van der Waals surface area contributed by atoms with Crippen molar-refractivity contribution in [3.05, 3.63) is 0 Å². The molecule has 0 aromatic carbocycles. The number of alkyl halides is 4. The summed E-state index contributed by atoms with van der Waals surface area (Å²) >= 11 is 6.22. The van der Waals surface area contributed by atoms with Gasteiger partial charge in [-0.25, -0.2) is 0 Å². The molecular weight excluding hydrogens is 273 g/mol. The second kappa shape index (κ2) is 9.10. The Morgan fingerprint density at radius 3 is 1.89 bits per heavy atom. The maximum absolute atomic E-state index is 12.3. The SMILES string of the molecule is CCCCCCCCC(CCC(F)(F)F)C(C)(C)Cl. The van der Waals surface area contributed by atoms with Crippen molar-refractivity contribution in [2.75, 3.05) is 0 Å². The summed E-state index contributed by atoms with van der Waals surface area (Å²) in [6.45, 7) is 5.82. The summed E-state index contributed by atoms with van der Waals surface area (Å²) in [6, 6.07) is 0. The first-order valence-corrected chi connectivity index (χ1v) is 7.80. The van der Waals surface area contributed by atoms with E-state index in [-0.39, 0.29) is 12.3 Å². The molecule has 0 radical (unpaired) electrons. The second-order valence-electron chi connectivity index (χ2n) is 5.97. The largest absolute Gasteiger partial charge is 0.389 e. The summed E-state index contributed by atoms with van der Waals surface area (Å²) in [5.74, 6) is -0.0537. The highest BCUT2D eigenvalue weighted by atomic mass is 35.5. The first-order chi connectivity index (χ1) is 8.67. The molecular formula is C15H28ClF3. The van der Waals surface area contributed by atoms with Crippen molar-refractivity contribution in [3.8, 4) is 0 Å². The van der Waals surface area contributed by atoms with Gasteiger partial charge in [-0.1, -0.05) is 45.4 Å². The van der Waals surface area contributed by atoms with Gasteiger partial charge in [0.05, 0.1) is 0 Å². The van der Waals surface area contributed by atoms with Crippen molar-refractivity contribution in [3.63, 3.8) is 0 Å². The van der Waals surface area contributed by atoms with Crippen molar-refractivity contribution >= 4 is 11.6 Å². The van der Waals surface area contributed by atoms with Crippen LogP contribution in [-0.4, -0.2) is 11.1 Å². The molecule has 0 saturated heterocycles. The van der Waals surface area contributed by atoms with Gasteiger partial charge in [-0.3, -0.25) is 0 Å². The summed E-state index contributed by atoms with van der Waals surface area (Å²) in [5, 5.41) is 0. The smallest absolute Gasteiger partial charge is 0.171 e. The molecule has 0 amide bonds. The standard InChI is InChI=1S/C15H28ClF3/c1-4-5-6-7-8-9-10-13(14(2,3)16)11-12-15(17,18)19/h13H,4-12H2,1-3H3. The van der Waals surface area contributed by atoms with Crippen LogP contribution in [0.1, 0.15) is 78.6 Å². The third-order valence-corrected chi connectivity index (χ3v) is 3.96. The van der Waals surface area contributed by atoms with E-state index in [1.54, 1.807) is 0 Å². The van der Waals surface area contributed by atoms with Crippen LogP contribution in [0, 0.1) is 5.92 Å². The van der Waals surface area contributed by atoms with Crippen LogP contribution >= 0.6 is 11.6 Å². The average molecular weight is 301 g/mol. The second-order valence-corrected chi connectivity index (χ2v) is 6.95. The van der Waals surface area contributed by atoms with Gasteiger partial charge in [0.1, 0.15) is 0 Å². The molecule has 0 bridgehead atoms. The summed E-state index contributed by atoms with van der Waals surface area (Å²) in [4.78, 5) is -0.547. The Hall–Kier alpha value is 0.0800. The number of rotatable bonds is 10. The molecule has 0 fully saturated rings. The van der Waals surface area contributed by atoms with E-state index in [1.807, 2.05) is 13.8 Å². The van der Waals surface area contributed by atoms with Gasteiger partial charge in [0.25, 0.3) is 0 Å². The fraction of sp³-hybridized carbons (Fsp3) is 1.00. The predicted molar refractivity (Wildman–Crippen MR) is 76.7 cm³/mol. The van der Waals surface area contributed by atoms with E-state index in [9.17, 15) is 13.2 Å². The molecule has 1 atom stereocenters. The van der Waals surface area contributed by atoms with E-state index in [0.717, 1.165) is 19.3 Å². The third kappa shape index (κ3) is 11.6. The highest BCUT2D eigenvalue weighted by Gasteiger charge is 2.33. The fourth-order valence-corrected chi connectivity index (χ4v) is 2.56. The van der Waals surface area contributed by atoms with E-state index in [2.05, 4.69) is 6.92 Å². The zero-order chi connectivity index (χ0) is 14.9. The van der Waals surface area contributed by atoms with Gasteiger partial charge in [0.15, 0.2) is 0 Å². The molecule has 1 unspecified atom stereocenters. The van der Waals surface area contributed by atoms with Gasteiger partial charge in [0.2, 0.25) is 0 Å². The monoisotopic (exact) mass is 300 g/mol. The fourth-order valence-electron chi connectivity index (χ4n) is 2.34. The van der Waals surface area contributed by atoms with Crippen molar-refractivity contribution < 1.29 is 13.2 Å². The molecule has 116 valence electrons. The quantitative estimate of drug-likeness (QED) is 0.310.